The predicted molar refractivity (Wildman–Crippen MR) is 103 cm³/mol. The quantitative estimate of drug-likeness (QED) is 0.776. The van der Waals surface area contributed by atoms with Crippen LogP contribution < -0.4 is 10.6 Å². The van der Waals surface area contributed by atoms with Crippen LogP contribution in [0.15, 0.2) is 30.3 Å². The largest absolute Gasteiger partial charge is 0.347 e. The molecule has 2 N–H and O–H groups in total. The minimum Gasteiger partial charge on any atom is -0.347 e. The minimum atomic E-state index is -0.494. The topological polar surface area (TPSA) is 58.2 Å². The van der Waals surface area contributed by atoms with Gasteiger partial charge in [0.15, 0.2) is 0 Å². The molecule has 1 aromatic carbocycles. The molecule has 3 rings (SSSR count). The summed E-state index contributed by atoms with van der Waals surface area (Å²) in [7, 11) is 0. The Morgan fingerprint density at radius 1 is 1.08 bits per heavy atom. The van der Waals surface area contributed by atoms with Gasteiger partial charge in [-0.2, -0.15) is 0 Å². The maximum atomic E-state index is 12.7. The third kappa shape index (κ3) is 5.09. The third-order valence-corrected chi connectivity index (χ3v) is 6.03. The highest BCUT2D eigenvalue weighted by Crippen LogP contribution is 2.46. The molecule has 0 bridgehead atoms. The highest BCUT2D eigenvalue weighted by atomic mass is 16.2. The fourth-order valence-electron chi connectivity index (χ4n) is 4.21. The van der Waals surface area contributed by atoms with Crippen molar-refractivity contribution < 1.29 is 9.59 Å². The number of benzene rings is 1. The number of carbonyl (C=O) groups is 2. The van der Waals surface area contributed by atoms with Gasteiger partial charge in [-0.05, 0) is 49.5 Å². The van der Waals surface area contributed by atoms with Gasteiger partial charge >= 0.3 is 0 Å². The van der Waals surface area contributed by atoms with Crippen LogP contribution in [0.5, 0.6) is 0 Å². The standard InChI is InChI=1S/C22H32N2O2/c1-15-13-19(15)21(18-11-7-4-8-12-18)24-22(26)16(2)23-20(25)14-17-9-5-3-6-10-17/h4,7-8,11-12,15-17,19,21H,3,5-6,9-10,13-14H2,1-2H3,(H,23,25)(H,24,26). The smallest absolute Gasteiger partial charge is 0.242 e. The first-order valence-electron chi connectivity index (χ1n) is 10.2. The highest BCUT2D eigenvalue weighted by Gasteiger charge is 2.41. The average molecular weight is 357 g/mol. The average Bonchev–Trinajstić information content (AvgIpc) is 3.37. The number of hydrogen-bond acceptors (Lipinski definition) is 2. The SMILES string of the molecule is CC(NC(=O)CC1CCCCC1)C(=O)NC(c1ccccc1)C1CC1C. The number of carbonyl (C=O) groups excluding carboxylic acids is 2. The van der Waals surface area contributed by atoms with Crippen LogP contribution in [0.4, 0.5) is 0 Å². The maximum Gasteiger partial charge on any atom is 0.242 e. The Bertz CT molecular complexity index is 610. The lowest BCUT2D eigenvalue weighted by Gasteiger charge is -2.24. The number of amides is 2. The lowest BCUT2D eigenvalue weighted by Crippen LogP contribution is -2.46. The Hall–Kier alpha value is -1.84. The lowest BCUT2D eigenvalue weighted by atomic mass is 9.87. The van der Waals surface area contributed by atoms with Crippen LogP contribution in [-0.2, 0) is 9.59 Å². The van der Waals surface area contributed by atoms with E-state index in [0.29, 0.717) is 24.2 Å². The van der Waals surface area contributed by atoms with Gasteiger partial charge in [-0.3, -0.25) is 9.59 Å². The van der Waals surface area contributed by atoms with Crippen molar-refractivity contribution in [2.24, 2.45) is 17.8 Å². The Morgan fingerprint density at radius 3 is 2.35 bits per heavy atom. The van der Waals surface area contributed by atoms with E-state index in [1.165, 1.54) is 19.3 Å². The van der Waals surface area contributed by atoms with Gasteiger partial charge in [0, 0.05) is 6.42 Å². The van der Waals surface area contributed by atoms with Gasteiger partial charge in [-0.1, -0.05) is 56.5 Å². The van der Waals surface area contributed by atoms with Crippen LogP contribution in [0, 0.1) is 17.8 Å². The molecule has 0 aromatic heterocycles. The summed E-state index contributed by atoms with van der Waals surface area (Å²) in [4.78, 5) is 25.0. The molecule has 4 atom stereocenters. The van der Waals surface area contributed by atoms with Crippen LogP contribution >= 0.6 is 0 Å². The van der Waals surface area contributed by atoms with Gasteiger partial charge in [-0.15, -0.1) is 0 Å². The third-order valence-electron chi connectivity index (χ3n) is 6.03. The fraction of sp³-hybridized carbons (Fsp3) is 0.636. The van der Waals surface area contributed by atoms with E-state index in [0.717, 1.165) is 24.8 Å². The minimum absolute atomic E-state index is 0.00982. The van der Waals surface area contributed by atoms with E-state index in [4.69, 9.17) is 0 Å². The predicted octanol–water partition coefficient (Wildman–Crippen LogP) is 3.98. The molecule has 26 heavy (non-hydrogen) atoms. The van der Waals surface area contributed by atoms with Gasteiger partial charge < -0.3 is 10.6 Å². The summed E-state index contributed by atoms with van der Waals surface area (Å²) in [6.45, 7) is 4.01. The van der Waals surface area contributed by atoms with Gasteiger partial charge in [-0.25, -0.2) is 0 Å². The van der Waals surface area contributed by atoms with E-state index in [9.17, 15) is 9.59 Å². The Morgan fingerprint density at radius 2 is 1.73 bits per heavy atom. The summed E-state index contributed by atoms with van der Waals surface area (Å²) in [5, 5.41) is 6.08. The van der Waals surface area contributed by atoms with E-state index in [2.05, 4.69) is 29.7 Å². The second-order valence-electron chi connectivity index (χ2n) is 8.27. The summed E-state index contributed by atoms with van der Waals surface area (Å²) < 4.78 is 0. The molecule has 4 heteroatoms. The number of rotatable bonds is 7. The van der Waals surface area contributed by atoms with Crippen molar-refractivity contribution in [3.63, 3.8) is 0 Å². The highest BCUT2D eigenvalue weighted by molar-refractivity contribution is 5.87. The monoisotopic (exact) mass is 356 g/mol. The first-order valence-corrected chi connectivity index (χ1v) is 10.2. The molecule has 1 aromatic rings. The molecule has 2 fully saturated rings. The fourth-order valence-corrected chi connectivity index (χ4v) is 4.21. The van der Waals surface area contributed by atoms with Gasteiger partial charge in [0.05, 0.1) is 6.04 Å². The van der Waals surface area contributed by atoms with Crippen molar-refractivity contribution in [1.82, 2.24) is 10.6 Å². The maximum absolute atomic E-state index is 12.7. The molecule has 0 heterocycles. The van der Waals surface area contributed by atoms with Gasteiger partial charge in [0.1, 0.15) is 6.04 Å². The van der Waals surface area contributed by atoms with Gasteiger partial charge in [0.25, 0.3) is 0 Å². The molecule has 0 spiro atoms. The summed E-state index contributed by atoms with van der Waals surface area (Å²) in [5.41, 5.74) is 1.15. The summed E-state index contributed by atoms with van der Waals surface area (Å²) in [6, 6.07) is 9.70. The van der Waals surface area contributed by atoms with E-state index in [-0.39, 0.29) is 17.9 Å². The first-order chi connectivity index (χ1) is 12.5. The molecule has 0 aliphatic heterocycles. The first kappa shape index (κ1) is 18.9. The number of nitrogens with one attached hydrogen (secondary N) is 2. The molecular weight excluding hydrogens is 324 g/mol. The zero-order valence-corrected chi connectivity index (χ0v) is 16.0. The van der Waals surface area contributed by atoms with Crippen LogP contribution in [0.25, 0.3) is 0 Å². The normalized spacial score (nSPS) is 25.2. The molecule has 2 aliphatic rings. The van der Waals surface area contributed by atoms with Crippen LogP contribution in [0.1, 0.15) is 70.4 Å². The van der Waals surface area contributed by atoms with Crippen LogP contribution in [-0.4, -0.2) is 17.9 Å². The van der Waals surface area contributed by atoms with Gasteiger partial charge in [0.2, 0.25) is 11.8 Å². The number of hydrogen-bond donors (Lipinski definition) is 2. The summed E-state index contributed by atoms with van der Waals surface area (Å²) in [5.74, 6) is 1.54. The zero-order valence-electron chi connectivity index (χ0n) is 16.0. The molecule has 142 valence electrons. The van der Waals surface area contributed by atoms with Crippen LogP contribution in [0.2, 0.25) is 0 Å². The molecule has 2 aliphatic carbocycles. The molecule has 0 radical (unpaired) electrons. The van der Waals surface area contributed by atoms with E-state index < -0.39 is 6.04 Å². The molecular formula is C22H32N2O2. The molecule has 4 unspecified atom stereocenters. The summed E-state index contributed by atoms with van der Waals surface area (Å²) in [6.07, 6.45) is 7.73. The Labute approximate surface area is 157 Å². The molecule has 2 amide bonds. The van der Waals surface area contributed by atoms with Crippen LogP contribution in [0.3, 0.4) is 0 Å². The zero-order chi connectivity index (χ0) is 18.5. The Balaban J connectivity index is 1.52. The summed E-state index contributed by atoms with van der Waals surface area (Å²) >= 11 is 0. The van der Waals surface area contributed by atoms with Crippen molar-refractivity contribution in [3.8, 4) is 0 Å². The van der Waals surface area contributed by atoms with Crippen molar-refractivity contribution in [3.05, 3.63) is 35.9 Å². The van der Waals surface area contributed by atoms with Crippen molar-refractivity contribution in [2.45, 2.75) is 70.9 Å². The van der Waals surface area contributed by atoms with Crippen molar-refractivity contribution in [2.75, 3.05) is 0 Å². The van der Waals surface area contributed by atoms with E-state index in [1.54, 1.807) is 6.92 Å². The Kier molecular flexibility index (Phi) is 6.33. The molecule has 0 saturated heterocycles. The lowest BCUT2D eigenvalue weighted by molar-refractivity contribution is -0.129. The molecule has 2 saturated carbocycles. The second-order valence-corrected chi connectivity index (χ2v) is 8.27. The second kappa shape index (κ2) is 8.70. The van der Waals surface area contributed by atoms with E-state index in [1.807, 2.05) is 18.2 Å². The molecule has 4 nitrogen and oxygen atoms in total. The van der Waals surface area contributed by atoms with E-state index >= 15 is 0 Å². The van der Waals surface area contributed by atoms with Crippen molar-refractivity contribution in [1.29, 1.82) is 0 Å². The van der Waals surface area contributed by atoms with Crippen molar-refractivity contribution >= 4 is 11.8 Å².